The number of nitrogens with zero attached hydrogens (tertiary/aromatic N) is 3. The molecule has 0 saturated heterocycles. The fraction of sp³-hybridized carbons (Fsp3) is 0.522. The Balaban J connectivity index is 1.38. The van der Waals surface area contributed by atoms with Crippen LogP contribution in [0.25, 0.3) is 0 Å². The van der Waals surface area contributed by atoms with Gasteiger partial charge in [-0.25, -0.2) is 9.97 Å². The number of nitrogens with one attached hydrogen (secondary N) is 2. The van der Waals surface area contributed by atoms with Gasteiger partial charge in [0.25, 0.3) is 0 Å². The minimum absolute atomic E-state index is 0.180. The average Bonchev–Trinajstić information content (AvgIpc) is 2.70. The van der Waals surface area contributed by atoms with E-state index in [1.807, 2.05) is 50.2 Å². The minimum Gasteiger partial charge on any atom is -0.367 e. The van der Waals surface area contributed by atoms with Gasteiger partial charge in [-0.2, -0.15) is 0 Å². The van der Waals surface area contributed by atoms with E-state index < -0.39 is 0 Å². The maximum Gasteiger partial charge on any atom is 0.220 e. The van der Waals surface area contributed by atoms with Crippen molar-refractivity contribution in [2.75, 3.05) is 24.3 Å². The van der Waals surface area contributed by atoms with Crippen LogP contribution in [-0.2, 0) is 11.2 Å². The zero-order valence-corrected chi connectivity index (χ0v) is 17.8. The molecule has 3 rings (SSSR count). The molecular formula is C23H33N5O. The van der Waals surface area contributed by atoms with Crippen LogP contribution in [0.5, 0.6) is 0 Å². The number of hydrogen-bond donors (Lipinski definition) is 2. The molecule has 1 heterocycles. The molecule has 1 aliphatic rings. The zero-order valence-electron chi connectivity index (χ0n) is 17.8. The lowest BCUT2D eigenvalue weighted by atomic mass is 9.91. The molecule has 1 fully saturated rings. The van der Waals surface area contributed by atoms with Crippen LogP contribution in [0.4, 0.5) is 11.6 Å². The summed E-state index contributed by atoms with van der Waals surface area (Å²) in [7, 11) is 3.97. The van der Waals surface area contributed by atoms with E-state index in [-0.39, 0.29) is 5.91 Å². The molecular weight excluding hydrogens is 362 g/mol. The van der Waals surface area contributed by atoms with Crippen molar-refractivity contribution in [3.05, 3.63) is 47.8 Å². The highest BCUT2D eigenvalue weighted by Crippen LogP contribution is 2.23. The Bertz CT molecular complexity index is 785. The highest BCUT2D eigenvalue weighted by molar-refractivity contribution is 5.76. The minimum atomic E-state index is 0.180. The van der Waals surface area contributed by atoms with Crippen molar-refractivity contribution in [2.45, 2.75) is 64.0 Å². The van der Waals surface area contributed by atoms with E-state index in [1.165, 1.54) is 5.56 Å². The van der Waals surface area contributed by atoms with Crippen LogP contribution < -0.4 is 15.5 Å². The van der Waals surface area contributed by atoms with Gasteiger partial charge in [-0.1, -0.05) is 30.3 Å². The second-order valence-electron chi connectivity index (χ2n) is 8.15. The molecule has 6 nitrogen and oxygen atoms in total. The van der Waals surface area contributed by atoms with E-state index in [0.717, 1.165) is 56.0 Å². The Morgan fingerprint density at radius 2 is 1.76 bits per heavy atom. The molecule has 0 aliphatic heterocycles. The van der Waals surface area contributed by atoms with Crippen molar-refractivity contribution in [3.63, 3.8) is 0 Å². The second kappa shape index (κ2) is 10.2. The Morgan fingerprint density at radius 1 is 1.07 bits per heavy atom. The van der Waals surface area contributed by atoms with E-state index in [4.69, 9.17) is 0 Å². The topological polar surface area (TPSA) is 70.2 Å². The Hall–Kier alpha value is -2.63. The zero-order chi connectivity index (χ0) is 20.6. The van der Waals surface area contributed by atoms with Crippen LogP contribution in [0.2, 0.25) is 0 Å². The molecule has 0 spiro atoms. The lowest BCUT2D eigenvalue weighted by Crippen LogP contribution is -2.40. The SMILES string of the molecule is Cc1nc(NC2CCC(NC(=O)CCCc3ccccc3)CC2)cc(N(C)C)n1. The van der Waals surface area contributed by atoms with Gasteiger partial charge in [-0.05, 0) is 51.0 Å². The van der Waals surface area contributed by atoms with Gasteiger partial charge in [0.05, 0.1) is 0 Å². The molecule has 0 radical (unpaired) electrons. The third kappa shape index (κ3) is 6.73. The van der Waals surface area contributed by atoms with E-state index in [1.54, 1.807) is 0 Å². The van der Waals surface area contributed by atoms with Crippen molar-refractivity contribution in [3.8, 4) is 0 Å². The van der Waals surface area contributed by atoms with E-state index in [2.05, 4.69) is 32.7 Å². The fourth-order valence-corrected chi connectivity index (χ4v) is 3.84. The summed E-state index contributed by atoms with van der Waals surface area (Å²) in [6.45, 7) is 1.92. The first-order valence-electron chi connectivity index (χ1n) is 10.6. The Kier molecular flexibility index (Phi) is 7.44. The van der Waals surface area contributed by atoms with Crippen molar-refractivity contribution < 1.29 is 4.79 Å². The molecule has 1 aromatic heterocycles. The van der Waals surface area contributed by atoms with Gasteiger partial charge in [0.15, 0.2) is 0 Å². The number of rotatable bonds is 8. The third-order valence-corrected chi connectivity index (χ3v) is 5.44. The summed E-state index contributed by atoms with van der Waals surface area (Å²) in [6.07, 6.45) is 6.54. The number of hydrogen-bond acceptors (Lipinski definition) is 5. The summed E-state index contributed by atoms with van der Waals surface area (Å²) in [5, 5.41) is 6.78. The molecule has 1 saturated carbocycles. The molecule has 6 heteroatoms. The number of amides is 1. The summed E-state index contributed by atoms with van der Waals surface area (Å²) in [6, 6.07) is 13.0. The van der Waals surface area contributed by atoms with Gasteiger partial charge in [0, 0.05) is 38.7 Å². The molecule has 2 aromatic rings. The van der Waals surface area contributed by atoms with Gasteiger partial charge in [0.2, 0.25) is 5.91 Å². The van der Waals surface area contributed by atoms with Gasteiger partial charge in [0.1, 0.15) is 17.5 Å². The number of aromatic nitrogens is 2. The van der Waals surface area contributed by atoms with Gasteiger partial charge < -0.3 is 15.5 Å². The molecule has 0 bridgehead atoms. The quantitative estimate of drug-likeness (QED) is 0.713. The predicted molar refractivity (Wildman–Crippen MR) is 118 cm³/mol. The number of benzene rings is 1. The first kappa shape index (κ1) is 21.1. The Labute approximate surface area is 174 Å². The summed E-state index contributed by atoms with van der Waals surface area (Å²) in [5.41, 5.74) is 1.30. The number of carbonyl (C=O) groups excluding carboxylic acids is 1. The lowest BCUT2D eigenvalue weighted by molar-refractivity contribution is -0.122. The molecule has 2 N–H and O–H groups in total. The normalized spacial score (nSPS) is 18.9. The number of aryl methyl sites for hydroxylation is 2. The number of carbonyl (C=O) groups is 1. The molecule has 1 aliphatic carbocycles. The molecule has 1 amide bonds. The predicted octanol–water partition coefficient (Wildman–Crippen LogP) is 3.71. The average molecular weight is 396 g/mol. The van der Waals surface area contributed by atoms with E-state index >= 15 is 0 Å². The molecule has 0 unspecified atom stereocenters. The van der Waals surface area contributed by atoms with Crippen LogP contribution >= 0.6 is 0 Å². The van der Waals surface area contributed by atoms with Crippen LogP contribution in [0, 0.1) is 6.92 Å². The van der Waals surface area contributed by atoms with Crippen molar-refractivity contribution in [2.24, 2.45) is 0 Å². The van der Waals surface area contributed by atoms with Crippen LogP contribution in [0.3, 0.4) is 0 Å². The van der Waals surface area contributed by atoms with Crippen LogP contribution in [0.1, 0.15) is 49.9 Å². The fourth-order valence-electron chi connectivity index (χ4n) is 3.84. The molecule has 1 aromatic carbocycles. The summed E-state index contributed by atoms with van der Waals surface area (Å²) < 4.78 is 0. The molecule has 156 valence electrons. The first-order chi connectivity index (χ1) is 14.0. The summed E-state index contributed by atoms with van der Waals surface area (Å²) >= 11 is 0. The highest BCUT2D eigenvalue weighted by atomic mass is 16.1. The lowest BCUT2D eigenvalue weighted by Gasteiger charge is -2.30. The Morgan fingerprint density at radius 3 is 2.45 bits per heavy atom. The van der Waals surface area contributed by atoms with Crippen molar-refractivity contribution >= 4 is 17.5 Å². The smallest absolute Gasteiger partial charge is 0.220 e. The van der Waals surface area contributed by atoms with Crippen LogP contribution in [-0.4, -0.2) is 42.1 Å². The monoisotopic (exact) mass is 395 g/mol. The third-order valence-electron chi connectivity index (χ3n) is 5.44. The largest absolute Gasteiger partial charge is 0.367 e. The molecule has 0 atom stereocenters. The van der Waals surface area contributed by atoms with Gasteiger partial charge >= 0.3 is 0 Å². The van der Waals surface area contributed by atoms with Crippen molar-refractivity contribution in [1.29, 1.82) is 0 Å². The van der Waals surface area contributed by atoms with Gasteiger partial charge in [-0.15, -0.1) is 0 Å². The van der Waals surface area contributed by atoms with Crippen LogP contribution in [0.15, 0.2) is 36.4 Å². The first-order valence-corrected chi connectivity index (χ1v) is 10.6. The molecule has 29 heavy (non-hydrogen) atoms. The number of anilines is 2. The van der Waals surface area contributed by atoms with Crippen molar-refractivity contribution in [1.82, 2.24) is 15.3 Å². The highest BCUT2D eigenvalue weighted by Gasteiger charge is 2.22. The summed E-state index contributed by atoms with van der Waals surface area (Å²) in [4.78, 5) is 23.2. The standard InChI is InChI=1S/C23H33N5O/c1-17-24-21(16-22(25-17)28(2)3)26-19-12-14-20(15-13-19)27-23(29)11-7-10-18-8-5-4-6-9-18/h4-6,8-9,16,19-20H,7,10-15H2,1-3H3,(H,27,29)(H,24,25,26). The maximum atomic E-state index is 12.3. The van der Waals surface area contributed by atoms with E-state index in [9.17, 15) is 4.79 Å². The summed E-state index contributed by atoms with van der Waals surface area (Å²) in [5.74, 6) is 2.75. The maximum absolute atomic E-state index is 12.3. The van der Waals surface area contributed by atoms with E-state index in [0.29, 0.717) is 18.5 Å². The second-order valence-corrected chi connectivity index (χ2v) is 8.15. The van der Waals surface area contributed by atoms with Gasteiger partial charge in [-0.3, -0.25) is 4.79 Å².